The van der Waals surface area contributed by atoms with E-state index in [4.69, 9.17) is 0 Å². The molecule has 0 radical (unpaired) electrons. The summed E-state index contributed by atoms with van der Waals surface area (Å²) in [5.74, 6) is 0.658. The molecule has 0 atom stereocenters. The van der Waals surface area contributed by atoms with E-state index >= 15 is 0 Å². The van der Waals surface area contributed by atoms with Gasteiger partial charge >= 0.3 is 0 Å². The quantitative estimate of drug-likeness (QED) is 0.674. The van der Waals surface area contributed by atoms with Gasteiger partial charge in [0.05, 0.1) is 0 Å². The summed E-state index contributed by atoms with van der Waals surface area (Å²) in [4.78, 5) is 15.0. The lowest BCUT2D eigenvalue weighted by molar-refractivity contribution is -0.117. The number of rotatable bonds is 1. The highest BCUT2D eigenvalue weighted by molar-refractivity contribution is 6.12. The summed E-state index contributed by atoms with van der Waals surface area (Å²) < 4.78 is 0. The third-order valence-electron chi connectivity index (χ3n) is 1.93. The molecule has 0 fully saturated rings. The van der Waals surface area contributed by atoms with E-state index in [1.165, 1.54) is 5.56 Å². The first-order valence-corrected chi connectivity index (χ1v) is 4.17. The van der Waals surface area contributed by atoms with Gasteiger partial charge in [0.2, 0.25) is 5.91 Å². The van der Waals surface area contributed by atoms with E-state index < -0.39 is 0 Å². The van der Waals surface area contributed by atoms with Crippen LogP contribution in [-0.2, 0) is 4.79 Å². The SMILES string of the molecule is Cc1cccc(C2=NCC(=O)N2)c1. The third kappa shape index (κ3) is 1.59. The van der Waals surface area contributed by atoms with Gasteiger partial charge in [-0.25, -0.2) is 0 Å². The lowest BCUT2D eigenvalue weighted by Gasteiger charge is -2.01. The molecule has 1 aliphatic heterocycles. The van der Waals surface area contributed by atoms with Gasteiger partial charge in [-0.05, 0) is 13.0 Å². The van der Waals surface area contributed by atoms with Crippen LogP contribution in [0, 0.1) is 6.92 Å². The van der Waals surface area contributed by atoms with Crippen LogP contribution >= 0.6 is 0 Å². The molecular weight excluding hydrogens is 164 g/mol. The molecule has 13 heavy (non-hydrogen) atoms. The van der Waals surface area contributed by atoms with Gasteiger partial charge in [0.15, 0.2) is 0 Å². The Balaban J connectivity index is 2.31. The molecule has 1 aromatic carbocycles. The first-order chi connectivity index (χ1) is 6.25. The van der Waals surface area contributed by atoms with Gasteiger partial charge in [-0.1, -0.05) is 23.8 Å². The van der Waals surface area contributed by atoms with Crippen LogP contribution in [0.3, 0.4) is 0 Å². The number of nitrogens with one attached hydrogen (secondary N) is 1. The summed E-state index contributed by atoms with van der Waals surface area (Å²) in [7, 11) is 0. The Kier molecular flexibility index (Phi) is 1.85. The number of carbonyl (C=O) groups excluding carboxylic acids is 1. The molecule has 1 amide bonds. The van der Waals surface area contributed by atoms with Crippen molar-refractivity contribution in [1.29, 1.82) is 0 Å². The first-order valence-electron chi connectivity index (χ1n) is 4.17. The molecule has 1 N–H and O–H groups in total. The Labute approximate surface area is 76.5 Å². The number of nitrogens with zero attached hydrogens (tertiary/aromatic N) is 1. The highest BCUT2D eigenvalue weighted by Gasteiger charge is 2.14. The van der Waals surface area contributed by atoms with Gasteiger partial charge < -0.3 is 5.32 Å². The Hall–Kier alpha value is -1.64. The van der Waals surface area contributed by atoms with E-state index in [0.717, 1.165) is 5.56 Å². The fourth-order valence-electron chi connectivity index (χ4n) is 1.32. The maximum atomic E-state index is 10.9. The molecule has 1 aromatic rings. The normalized spacial score (nSPS) is 15.5. The number of hydrogen-bond donors (Lipinski definition) is 1. The number of benzene rings is 1. The highest BCUT2D eigenvalue weighted by atomic mass is 16.2. The number of carbonyl (C=O) groups is 1. The molecule has 66 valence electrons. The van der Waals surface area contributed by atoms with E-state index in [1.54, 1.807) is 0 Å². The number of amides is 1. The average Bonchev–Trinajstić information content (AvgIpc) is 2.52. The molecule has 0 aliphatic carbocycles. The van der Waals surface area contributed by atoms with Gasteiger partial charge in [-0.15, -0.1) is 0 Å². The van der Waals surface area contributed by atoms with Gasteiger partial charge in [0.1, 0.15) is 12.4 Å². The standard InChI is InChI=1S/C10H10N2O/c1-7-3-2-4-8(5-7)10-11-6-9(13)12-10/h2-5H,6H2,1H3,(H,11,12,13). The van der Waals surface area contributed by atoms with Gasteiger partial charge in [-0.3, -0.25) is 9.79 Å². The monoisotopic (exact) mass is 174 g/mol. The van der Waals surface area contributed by atoms with E-state index in [1.807, 2.05) is 31.2 Å². The minimum Gasteiger partial charge on any atom is -0.309 e. The lowest BCUT2D eigenvalue weighted by Crippen LogP contribution is -2.25. The molecule has 0 saturated carbocycles. The van der Waals surface area contributed by atoms with Crippen LogP contribution in [-0.4, -0.2) is 18.3 Å². The molecule has 0 unspecified atom stereocenters. The molecular formula is C10H10N2O. The molecule has 3 nitrogen and oxygen atoms in total. The lowest BCUT2D eigenvalue weighted by atomic mass is 10.1. The predicted octanol–water partition coefficient (Wildman–Crippen LogP) is 0.871. The molecule has 0 spiro atoms. The summed E-state index contributed by atoms with van der Waals surface area (Å²) in [6.45, 7) is 2.27. The van der Waals surface area contributed by atoms with Crippen molar-refractivity contribution < 1.29 is 4.79 Å². The second-order valence-electron chi connectivity index (χ2n) is 3.08. The summed E-state index contributed by atoms with van der Waals surface area (Å²) in [5.41, 5.74) is 2.15. The van der Waals surface area contributed by atoms with E-state index in [0.29, 0.717) is 5.84 Å². The third-order valence-corrected chi connectivity index (χ3v) is 1.93. The number of aliphatic imine (C=N–C) groups is 1. The van der Waals surface area contributed by atoms with Gasteiger partial charge in [0, 0.05) is 5.56 Å². The van der Waals surface area contributed by atoms with E-state index in [2.05, 4.69) is 10.3 Å². The van der Waals surface area contributed by atoms with Gasteiger partial charge in [0.25, 0.3) is 0 Å². The van der Waals surface area contributed by atoms with Crippen molar-refractivity contribution in [3.63, 3.8) is 0 Å². The van der Waals surface area contributed by atoms with Gasteiger partial charge in [-0.2, -0.15) is 0 Å². The molecule has 1 heterocycles. The number of hydrogen-bond acceptors (Lipinski definition) is 2. The zero-order chi connectivity index (χ0) is 9.26. The maximum Gasteiger partial charge on any atom is 0.247 e. The number of amidine groups is 1. The van der Waals surface area contributed by atoms with Crippen LogP contribution in [0.25, 0.3) is 0 Å². The van der Waals surface area contributed by atoms with E-state index in [9.17, 15) is 4.79 Å². The molecule has 0 saturated heterocycles. The van der Waals surface area contributed by atoms with Crippen molar-refractivity contribution in [2.24, 2.45) is 4.99 Å². The van der Waals surface area contributed by atoms with Crippen LogP contribution in [0.2, 0.25) is 0 Å². The fourth-order valence-corrected chi connectivity index (χ4v) is 1.32. The Morgan fingerprint density at radius 1 is 1.46 bits per heavy atom. The maximum absolute atomic E-state index is 10.9. The van der Waals surface area contributed by atoms with Crippen molar-refractivity contribution in [3.05, 3.63) is 35.4 Å². The summed E-state index contributed by atoms with van der Waals surface area (Å²) in [5, 5.41) is 2.71. The molecule has 1 aliphatic rings. The van der Waals surface area contributed by atoms with Crippen molar-refractivity contribution in [1.82, 2.24) is 5.32 Å². The van der Waals surface area contributed by atoms with Crippen LogP contribution in [0.1, 0.15) is 11.1 Å². The molecule has 3 heteroatoms. The minimum atomic E-state index is -0.0310. The van der Waals surface area contributed by atoms with Crippen LogP contribution < -0.4 is 5.32 Å². The van der Waals surface area contributed by atoms with Crippen molar-refractivity contribution >= 4 is 11.7 Å². The van der Waals surface area contributed by atoms with Crippen molar-refractivity contribution in [2.75, 3.05) is 6.54 Å². The second-order valence-corrected chi connectivity index (χ2v) is 3.08. The zero-order valence-corrected chi connectivity index (χ0v) is 7.37. The number of aryl methyl sites for hydroxylation is 1. The Morgan fingerprint density at radius 3 is 2.92 bits per heavy atom. The van der Waals surface area contributed by atoms with Crippen LogP contribution in [0.5, 0.6) is 0 Å². The molecule has 0 aromatic heterocycles. The zero-order valence-electron chi connectivity index (χ0n) is 7.37. The predicted molar refractivity (Wildman–Crippen MR) is 50.7 cm³/mol. The largest absolute Gasteiger partial charge is 0.309 e. The average molecular weight is 174 g/mol. The second kappa shape index (κ2) is 3.01. The fraction of sp³-hybridized carbons (Fsp3) is 0.200. The summed E-state index contributed by atoms with van der Waals surface area (Å²) in [6, 6.07) is 7.92. The minimum absolute atomic E-state index is 0.0310. The molecule has 2 rings (SSSR count). The highest BCUT2D eigenvalue weighted by Crippen LogP contribution is 2.06. The van der Waals surface area contributed by atoms with Crippen LogP contribution in [0.4, 0.5) is 0 Å². The summed E-state index contributed by atoms with van der Waals surface area (Å²) in [6.07, 6.45) is 0. The topological polar surface area (TPSA) is 41.5 Å². The van der Waals surface area contributed by atoms with E-state index in [-0.39, 0.29) is 12.5 Å². The Morgan fingerprint density at radius 2 is 2.31 bits per heavy atom. The smallest absolute Gasteiger partial charge is 0.247 e. The van der Waals surface area contributed by atoms with Crippen LogP contribution in [0.15, 0.2) is 29.3 Å². The first kappa shape index (κ1) is 7.98. The Bertz CT molecular complexity index is 382. The molecule has 0 bridgehead atoms. The summed E-state index contributed by atoms with van der Waals surface area (Å²) >= 11 is 0. The van der Waals surface area contributed by atoms with Crippen molar-refractivity contribution in [3.8, 4) is 0 Å². The van der Waals surface area contributed by atoms with Crippen molar-refractivity contribution in [2.45, 2.75) is 6.92 Å².